The topological polar surface area (TPSA) is 65.9 Å². The molecule has 0 radical (unpaired) electrons. The summed E-state index contributed by atoms with van der Waals surface area (Å²) in [6, 6.07) is 3.24. The van der Waals surface area contributed by atoms with Gasteiger partial charge in [-0.15, -0.1) is 0 Å². The summed E-state index contributed by atoms with van der Waals surface area (Å²) in [7, 11) is 1.38. The number of hydrogen-bond donors (Lipinski definition) is 2. The molecule has 2 aromatic rings. The Balaban J connectivity index is 2.49. The van der Waals surface area contributed by atoms with Gasteiger partial charge in [0.05, 0.1) is 18.9 Å². The highest BCUT2D eigenvalue weighted by molar-refractivity contribution is 6.11. The number of carbonyl (C=O) groups excluding carboxylic acids is 1. The zero-order valence-electron chi connectivity index (χ0n) is 11.1. The van der Waals surface area contributed by atoms with Crippen LogP contribution in [-0.2, 0) is 4.74 Å². The first-order valence-electron chi connectivity index (χ1n) is 6.00. The standard InChI is InChI=1S/C15H12F2N2O2/c1-21-10(6-18)5-9-7-19-8-11(9)15(20)14-12(16)3-2-4-13(14)17/h2-8,18-19H,1H3/b10-5+,18-6?. The molecule has 0 saturated heterocycles. The van der Waals surface area contributed by atoms with Crippen LogP contribution >= 0.6 is 0 Å². The van der Waals surface area contributed by atoms with Gasteiger partial charge in [0.25, 0.3) is 0 Å². The number of nitrogens with one attached hydrogen (secondary N) is 2. The van der Waals surface area contributed by atoms with Crippen molar-refractivity contribution in [2.45, 2.75) is 0 Å². The molecule has 0 aliphatic rings. The lowest BCUT2D eigenvalue weighted by Crippen LogP contribution is -2.08. The summed E-state index contributed by atoms with van der Waals surface area (Å²) < 4.78 is 32.2. The molecule has 0 atom stereocenters. The maximum atomic E-state index is 13.7. The molecule has 0 fully saturated rings. The molecule has 0 aliphatic carbocycles. The van der Waals surface area contributed by atoms with Crippen molar-refractivity contribution in [1.29, 1.82) is 5.41 Å². The molecular formula is C15H12F2N2O2. The zero-order valence-corrected chi connectivity index (χ0v) is 11.1. The van der Waals surface area contributed by atoms with E-state index in [2.05, 4.69) is 4.98 Å². The molecule has 0 bridgehead atoms. The number of rotatable bonds is 5. The highest BCUT2D eigenvalue weighted by atomic mass is 19.1. The number of ketones is 1. The van der Waals surface area contributed by atoms with Crippen molar-refractivity contribution in [3.05, 3.63) is 64.7 Å². The predicted octanol–water partition coefficient (Wildman–Crippen LogP) is 3.16. The normalized spacial score (nSPS) is 11.3. The third kappa shape index (κ3) is 2.89. The van der Waals surface area contributed by atoms with E-state index in [1.54, 1.807) is 0 Å². The zero-order chi connectivity index (χ0) is 15.4. The van der Waals surface area contributed by atoms with Gasteiger partial charge >= 0.3 is 0 Å². The summed E-state index contributed by atoms with van der Waals surface area (Å²) in [4.78, 5) is 15.0. The van der Waals surface area contributed by atoms with Gasteiger partial charge in [-0.05, 0) is 18.2 Å². The number of carbonyl (C=O) groups is 1. The maximum absolute atomic E-state index is 13.7. The molecule has 0 amide bonds. The summed E-state index contributed by atoms with van der Waals surface area (Å²) in [5, 5.41) is 7.14. The average molecular weight is 290 g/mol. The van der Waals surface area contributed by atoms with E-state index < -0.39 is 23.0 Å². The molecule has 1 aromatic heterocycles. The fourth-order valence-electron chi connectivity index (χ4n) is 1.85. The van der Waals surface area contributed by atoms with Crippen LogP contribution in [0.25, 0.3) is 6.08 Å². The van der Waals surface area contributed by atoms with Gasteiger partial charge in [-0.1, -0.05) is 6.07 Å². The second-order valence-electron chi connectivity index (χ2n) is 4.15. The van der Waals surface area contributed by atoms with E-state index in [9.17, 15) is 13.6 Å². The molecule has 108 valence electrons. The van der Waals surface area contributed by atoms with Crippen LogP contribution in [0.2, 0.25) is 0 Å². The van der Waals surface area contributed by atoms with E-state index >= 15 is 0 Å². The Morgan fingerprint density at radius 3 is 2.52 bits per heavy atom. The first-order valence-corrected chi connectivity index (χ1v) is 6.00. The highest BCUT2D eigenvalue weighted by Gasteiger charge is 2.21. The Bertz CT molecular complexity index is 700. The van der Waals surface area contributed by atoms with Crippen molar-refractivity contribution in [3.63, 3.8) is 0 Å². The average Bonchev–Trinajstić information content (AvgIpc) is 2.92. The molecule has 21 heavy (non-hydrogen) atoms. The third-order valence-electron chi connectivity index (χ3n) is 2.89. The van der Waals surface area contributed by atoms with Crippen molar-refractivity contribution in [1.82, 2.24) is 4.98 Å². The van der Waals surface area contributed by atoms with Crippen molar-refractivity contribution < 1.29 is 18.3 Å². The molecule has 6 heteroatoms. The second kappa shape index (κ2) is 6.13. The van der Waals surface area contributed by atoms with Gasteiger partial charge in [-0.3, -0.25) is 4.79 Å². The van der Waals surface area contributed by atoms with Crippen molar-refractivity contribution >= 4 is 18.1 Å². The number of aromatic amines is 1. The molecule has 0 aliphatic heterocycles. The Kier molecular flexibility index (Phi) is 4.27. The number of aromatic nitrogens is 1. The largest absolute Gasteiger partial charge is 0.495 e. The van der Waals surface area contributed by atoms with E-state index in [0.29, 0.717) is 5.56 Å². The molecule has 2 rings (SSSR count). The molecule has 0 unspecified atom stereocenters. The first kappa shape index (κ1) is 14.6. The molecule has 4 nitrogen and oxygen atoms in total. The van der Waals surface area contributed by atoms with Gasteiger partial charge < -0.3 is 15.1 Å². The van der Waals surface area contributed by atoms with E-state index in [1.165, 1.54) is 31.6 Å². The number of H-pyrrole nitrogens is 1. The van der Waals surface area contributed by atoms with E-state index in [0.717, 1.165) is 18.3 Å². The quantitative estimate of drug-likeness (QED) is 0.504. The van der Waals surface area contributed by atoms with Crippen molar-refractivity contribution in [2.75, 3.05) is 7.11 Å². The molecule has 1 aromatic carbocycles. The van der Waals surface area contributed by atoms with Crippen LogP contribution in [0.5, 0.6) is 0 Å². The van der Waals surface area contributed by atoms with Crippen molar-refractivity contribution in [2.24, 2.45) is 0 Å². The predicted molar refractivity (Wildman–Crippen MR) is 74.4 cm³/mol. The minimum atomic E-state index is -0.921. The minimum absolute atomic E-state index is 0.0930. The van der Waals surface area contributed by atoms with Gasteiger partial charge in [0.15, 0.2) is 0 Å². The van der Waals surface area contributed by atoms with Crippen LogP contribution < -0.4 is 0 Å². The van der Waals surface area contributed by atoms with E-state index in [-0.39, 0.29) is 11.3 Å². The second-order valence-corrected chi connectivity index (χ2v) is 4.15. The number of halogens is 2. The number of ether oxygens (including phenoxy) is 1. The Morgan fingerprint density at radius 2 is 1.95 bits per heavy atom. The lowest BCUT2D eigenvalue weighted by atomic mass is 10.0. The summed E-state index contributed by atoms with van der Waals surface area (Å²) in [6.45, 7) is 0. The lowest BCUT2D eigenvalue weighted by molar-refractivity contribution is 0.103. The smallest absolute Gasteiger partial charge is 0.201 e. The SMILES string of the molecule is CO/C(C=N)=C/c1c[nH]cc1C(=O)c1c(F)cccc1F. The molecule has 1 heterocycles. The Morgan fingerprint density at radius 1 is 1.29 bits per heavy atom. The van der Waals surface area contributed by atoms with Crippen LogP contribution in [0.4, 0.5) is 8.78 Å². The Labute approximate surface area is 119 Å². The number of methoxy groups -OCH3 is 1. The maximum Gasteiger partial charge on any atom is 0.201 e. The van der Waals surface area contributed by atoms with Crippen LogP contribution in [0.1, 0.15) is 21.5 Å². The van der Waals surface area contributed by atoms with Gasteiger partial charge in [0, 0.05) is 23.5 Å². The number of allylic oxidation sites excluding steroid dienone is 1. The fourth-order valence-corrected chi connectivity index (χ4v) is 1.85. The third-order valence-corrected chi connectivity index (χ3v) is 2.89. The molecule has 2 N–H and O–H groups in total. The summed E-state index contributed by atoms with van der Waals surface area (Å²) in [6.07, 6.45) is 5.21. The summed E-state index contributed by atoms with van der Waals surface area (Å²) in [5.41, 5.74) is -0.140. The van der Waals surface area contributed by atoms with Gasteiger partial charge in [-0.2, -0.15) is 0 Å². The summed E-state index contributed by atoms with van der Waals surface area (Å²) in [5.74, 6) is -2.42. The molecular weight excluding hydrogens is 278 g/mol. The van der Waals surface area contributed by atoms with Crippen LogP contribution in [0, 0.1) is 17.0 Å². The minimum Gasteiger partial charge on any atom is -0.495 e. The van der Waals surface area contributed by atoms with Crippen LogP contribution in [0.3, 0.4) is 0 Å². The Hall–Kier alpha value is -2.76. The van der Waals surface area contributed by atoms with Crippen LogP contribution in [-0.4, -0.2) is 24.1 Å². The van der Waals surface area contributed by atoms with Gasteiger partial charge in [0.2, 0.25) is 5.78 Å². The lowest BCUT2D eigenvalue weighted by Gasteiger charge is -2.04. The van der Waals surface area contributed by atoms with Crippen molar-refractivity contribution in [3.8, 4) is 0 Å². The number of hydrogen-bond acceptors (Lipinski definition) is 3. The first-order chi connectivity index (χ1) is 10.1. The monoisotopic (exact) mass is 290 g/mol. The van der Waals surface area contributed by atoms with E-state index in [4.69, 9.17) is 10.1 Å². The molecule has 0 spiro atoms. The van der Waals surface area contributed by atoms with Gasteiger partial charge in [-0.25, -0.2) is 8.78 Å². The van der Waals surface area contributed by atoms with Crippen LogP contribution in [0.15, 0.2) is 36.4 Å². The van der Waals surface area contributed by atoms with E-state index in [1.807, 2.05) is 0 Å². The number of benzene rings is 1. The highest BCUT2D eigenvalue weighted by Crippen LogP contribution is 2.21. The fraction of sp³-hybridized carbons (Fsp3) is 0.0667. The molecule has 0 saturated carbocycles. The summed E-state index contributed by atoms with van der Waals surface area (Å²) >= 11 is 0. The van der Waals surface area contributed by atoms with Gasteiger partial charge in [0.1, 0.15) is 17.4 Å².